The molecular formula is C14H24N2O3. The smallest absolute Gasteiger partial charge is 0.229 e. The Balaban J connectivity index is 2.54. The van der Waals surface area contributed by atoms with Gasteiger partial charge in [-0.3, -0.25) is 4.79 Å². The van der Waals surface area contributed by atoms with Crippen LogP contribution in [0, 0.1) is 0 Å². The molecule has 0 aromatic heterocycles. The molecule has 19 heavy (non-hydrogen) atoms. The maximum Gasteiger partial charge on any atom is 0.229 e. The molecule has 1 aliphatic rings. The summed E-state index contributed by atoms with van der Waals surface area (Å²) in [4.78, 5) is 13.8. The third-order valence-electron chi connectivity index (χ3n) is 2.97. The first kappa shape index (κ1) is 15.7. The van der Waals surface area contributed by atoms with Crippen LogP contribution in [0.1, 0.15) is 26.2 Å². The fraction of sp³-hybridized carbons (Fsp3) is 0.643. The largest absolute Gasteiger partial charge is 0.403 e. The summed E-state index contributed by atoms with van der Waals surface area (Å²) in [6, 6.07) is 0. The minimum Gasteiger partial charge on any atom is -0.403 e. The molecule has 2 N–H and O–H groups in total. The number of methoxy groups -OCH3 is 1. The molecule has 1 heterocycles. The Bertz CT molecular complexity index is 340. The Morgan fingerprint density at radius 3 is 2.95 bits per heavy atom. The van der Waals surface area contributed by atoms with Crippen LogP contribution in [0.3, 0.4) is 0 Å². The number of carbonyl (C=O) groups excluding carboxylic acids is 1. The van der Waals surface area contributed by atoms with Crippen molar-refractivity contribution in [3.8, 4) is 0 Å². The van der Waals surface area contributed by atoms with Gasteiger partial charge in [0, 0.05) is 26.5 Å². The van der Waals surface area contributed by atoms with Gasteiger partial charge in [0.25, 0.3) is 0 Å². The molecule has 0 saturated carbocycles. The number of amides is 1. The number of ether oxygens (including phenoxy) is 2. The Labute approximate surface area is 115 Å². The number of allylic oxidation sites excluding steroid dienone is 1. The van der Waals surface area contributed by atoms with Crippen LogP contribution < -0.4 is 5.73 Å². The standard InChI is InChI=1S/C14H24N2O3/c1-3-8-19-13-6-7-16(14(17)10-13)12(11-15)5-4-9-18-2/h4-5,11,13H,3,6-10,15H2,1-2H3/b5-4-,12-11+. The van der Waals surface area contributed by atoms with Crippen LogP contribution >= 0.6 is 0 Å². The van der Waals surface area contributed by atoms with E-state index in [9.17, 15) is 4.79 Å². The lowest BCUT2D eigenvalue weighted by atomic mass is 10.1. The van der Waals surface area contributed by atoms with E-state index in [2.05, 4.69) is 6.92 Å². The molecule has 5 nitrogen and oxygen atoms in total. The number of hydrogen-bond acceptors (Lipinski definition) is 4. The molecule has 1 rings (SSSR count). The predicted octanol–water partition coefficient (Wildman–Crippen LogP) is 1.41. The average molecular weight is 268 g/mol. The van der Waals surface area contributed by atoms with Crippen LogP contribution in [0.25, 0.3) is 0 Å². The molecule has 1 fully saturated rings. The van der Waals surface area contributed by atoms with Crippen LogP contribution in [0.5, 0.6) is 0 Å². The van der Waals surface area contributed by atoms with E-state index in [0.717, 1.165) is 18.5 Å². The van der Waals surface area contributed by atoms with Crippen molar-refractivity contribution >= 4 is 5.91 Å². The van der Waals surface area contributed by atoms with Crippen molar-refractivity contribution in [2.75, 3.05) is 26.9 Å². The second-order valence-corrected chi connectivity index (χ2v) is 4.48. The van der Waals surface area contributed by atoms with Gasteiger partial charge < -0.3 is 20.1 Å². The van der Waals surface area contributed by atoms with E-state index < -0.39 is 0 Å². The number of piperidine rings is 1. The summed E-state index contributed by atoms with van der Waals surface area (Å²) in [5, 5.41) is 0. The van der Waals surface area contributed by atoms with Crippen molar-refractivity contribution in [2.24, 2.45) is 5.73 Å². The lowest BCUT2D eigenvalue weighted by molar-refractivity contribution is -0.136. The SMILES string of the molecule is CCCOC1CCN(C(/C=C\COC)=C/N)C(=O)C1. The summed E-state index contributed by atoms with van der Waals surface area (Å²) < 4.78 is 10.6. The Hall–Kier alpha value is -1.33. The highest BCUT2D eigenvalue weighted by atomic mass is 16.5. The fourth-order valence-electron chi connectivity index (χ4n) is 2.01. The fourth-order valence-corrected chi connectivity index (χ4v) is 2.01. The van der Waals surface area contributed by atoms with E-state index in [0.29, 0.717) is 26.2 Å². The van der Waals surface area contributed by atoms with E-state index >= 15 is 0 Å². The maximum atomic E-state index is 12.1. The Kier molecular flexibility index (Phi) is 7.22. The van der Waals surface area contributed by atoms with Gasteiger partial charge in [-0.25, -0.2) is 0 Å². The van der Waals surface area contributed by atoms with Crippen LogP contribution in [-0.2, 0) is 14.3 Å². The molecule has 0 bridgehead atoms. The third kappa shape index (κ3) is 5.04. The minimum atomic E-state index is 0.0469. The molecule has 1 amide bonds. The number of rotatable bonds is 7. The zero-order valence-electron chi connectivity index (χ0n) is 11.8. The van der Waals surface area contributed by atoms with Gasteiger partial charge in [-0.15, -0.1) is 0 Å². The molecule has 1 saturated heterocycles. The average Bonchev–Trinajstić information content (AvgIpc) is 2.42. The second-order valence-electron chi connectivity index (χ2n) is 4.48. The Morgan fingerprint density at radius 1 is 1.58 bits per heavy atom. The normalized spacial score (nSPS) is 21.4. The molecule has 108 valence electrons. The number of nitrogens with zero attached hydrogens (tertiary/aromatic N) is 1. The van der Waals surface area contributed by atoms with Gasteiger partial charge in [0.15, 0.2) is 0 Å². The van der Waals surface area contributed by atoms with Gasteiger partial charge in [-0.05, 0) is 18.9 Å². The molecule has 0 aromatic carbocycles. The molecule has 0 aromatic rings. The molecule has 5 heteroatoms. The van der Waals surface area contributed by atoms with Gasteiger partial charge in [0.05, 0.1) is 24.8 Å². The summed E-state index contributed by atoms with van der Waals surface area (Å²) in [6.07, 6.45) is 7.40. The molecule has 0 aliphatic carbocycles. The lowest BCUT2D eigenvalue weighted by Gasteiger charge is -2.32. The van der Waals surface area contributed by atoms with Crippen LogP contribution in [0.2, 0.25) is 0 Å². The molecule has 1 aliphatic heterocycles. The third-order valence-corrected chi connectivity index (χ3v) is 2.97. The van der Waals surface area contributed by atoms with Crippen LogP contribution in [0.15, 0.2) is 24.0 Å². The van der Waals surface area contributed by atoms with Crippen molar-refractivity contribution in [2.45, 2.75) is 32.3 Å². The van der Waals surface area contributed by atoms with Crippen LogP contribution in [0.4, 0.5) is 0 Å². The zero-order chi connectivity index (χ0) is 14.1. The van der Waals surface area contributed by atoms with Gasteiger partial charge >= 0.3 is 0 Å². The van der Waals surface area contributed by atoms with E-state index in [1.54, 1.807) is 12.0 Å². The zero-order valence-corrected chi connectivity index (χ0v) is 11.8. The highest BCUT2D eigenvalue weighted by molar-refractivity contribution is 5.79. The number of likely N-dealkylation sites (tertiary alicyclic amines) is 1. The first-order chi connectivity index (χ1) is 9.22. The van der Waals surface area contributed by atoms with Crippen molar-refractivity contribution in [3.05, 3.63) is 24.0 Å². The molecule has 0 radical (unpaired) electrons. The Morgan fingerprint density at radius 2 is 2.37 bits per heavy atom. The summed E-state index contributed by atoms with van der Waals surface area (Å²) in [5.41, 5.74) is 6.30. The molecular weight excluding hydrogens is 244 g/mol. The number of hydrogen-bond donors (Lipinski definition) is 1. The first-order valence-electron chi connectivity index (χ1n) is 6.72. The summed E-state index contributed by atoms with van der Waals surface area (Å²) in [7, 11) is 1.62. The van der Waals surface area contributed by atoms with Gasteiger partial charge in [0.1, 0.15) is 0 Å². The minimum absolute atomic E-state index is 0.0469. The molecule has 1 unspecified atom stereocenters. The predicted molar refractivity (Wildman–Crippen MR) is 74.3 cm³/mol. The van der Waals surface area contributed by atoms with Crippen molar-refractivity contribution in [1.82, 2.24) is 4.90 Å². The first-order valence-corrected chi connectivity index (χ1v) is 6.72. The maximum absolute atomic E-state index is 12.1. The number of carbonyl (C=O) groups is 1. The topological polar surface area (TPSA) is 64.8 Å². The highest BCUT2D eigenvalue weighted by Crippen LogP contribution is 2.19. The van der Waals surface area contributed by atoms with Crippen LogP contribution in [-0.4, -0.2) is 43.8 Å². The highest BCUT2D eigenvalue weighted by Gasteiger charge is 2.27. The summed E-state index contributed by atoms with van der Waals surface area (Å²) in [6.45, 7) is 3.92. The van der Waals surface area contributed by atoms with Gasteiger partial charge in [0.2, 0.25) is 5.91 Å². The number of nitrogens with two attached hydrogens (primary N) is 1. The molecule has 1 atom stereocenters. The van der Waals surface area contributed by atoms with Gasteiger partial charge in [-0.1, -0.05) is 13.0 Å². The summed E-state index contributed by atoms with van der Waals surface area (Å²) >= 11 is 0. The van der Waals surface area contributed by atoms with E-state index in [-0.39, 0.29) is 12.0 Å². The second kappa shape index (κ2) is 8.72. The van der Waals surface area contributed by atoms with Crippen molar-refractivity contribution < 1.29 is 14.3 Å². The summed E-state index contributed by atoms with van der Waals surface area (Å²) in [5.74, 6) is 0.0612. The van der Waals surface area contributed by atoms with E-state index in [4.69, 9.17) is 15.2 Å². The van der Waals surface area contributed by atoms with E-state index in [1.165, 1.54) is 6.20 Å². The molecule has 0 spiro atoms. The van der Waals surface area contributed by atoms with E-state index in [1.807, 2.05) is 12.2 Å². The van der Waals surface area contributed by atoms with Crippen molar-refractivity contribution in [3.63, 3.8) is 0 Å². The van der Waals surface area contributed by atoms with Gasteiger partial charge in [-0.2, -0.15) is 0 Å². The monoisotopic (exact) mass is 268 g/mol. The lowest BCUT2D eigenvalue weighted by Crippen LogP contribution is -2.41. The van der Waals surface area contributed by atoms with Crippen molar-refractivity contribution in [1.29, 1.82) is 0 Å². The quantitative estimate of drug-likeness (QED) is 0.709.